The van der Waals surface area contributed by atoms with E-state index in [1.165, 1.54) is 6.07 Å². The first kappa shape index (κ1) is 26.4. The van der Waals surface area contributed by atoms with Gasteiger partial charge in [-0.2, -0.15) is 0 Å². The third kappa shape index (κ3) is 6.74. The zero-order valence-electron chi connectivity index (χ0n) is 21.4. The fraction of sp³-hybridized carbons (Fsp3) is 0.379. The molecule has 0 aromatic heterocycles. The van der Waals surface area contributed by atoms with Crippen LogP contribution in [0.25, 0.3) is 0 Å². The van der Waals surface area contributed by atoms with Crippen molar-refractivity contribution >= 4 is 12.6 Å². The molecule has 0 N–H and O–H groups in total. The fourth-order valence-electron chi connectivity index (χ4n) is 3.76. The van der Waals surface area contributed by atoms with E-state index in [0.717, 1.165) is 11.1 Å². The lowest BCUT2D eigenvalue weighted by Crippen LogP contribution is -2.41. The molecule has 7 heteroatoms. The molecule has 1 aliphatic heterocycles. The van der Waals surface area contributed by atoms with Crippen molar-refractivity contribution < 1.29 is 27.9 Å². The predicted molar refractivity (Wildman–Crippen MR) is 139 cm³/mol. The van der Waals surface area contributed by atoms with E-state index in [2.05, 4.69) is 0 Å². The van der Waals surface area contributed by atoms with Crippen molar-refractivity contribution in [3.8, 4) is 5.75 Å². The van der Waals surface area contributed by atoms with E-state index in [9.17, 15) is 4.39 Å². The molecule has 5 nitrogen and oxygen atoms in total. The Morgan fingerprint density at radius 2 is 1.36 bits per heavy atom. The molecule has 0 amide bonds. The van der Waals surface area contributed by atoms with Gasteiger partial charge in [-0.1, -0.05) is 66.7 Å². The molecule has 0 radical (unpaired) electrons. The number of ether oxygens (including phenoxy) is 3. The molecule has 3 aromatic carbocycles. The highest BCUT2D eigenvalue weighted by atomic mass is 19.1. The number of hydrogen-bond acceptors (Lipinski definition) is 5. The first-order valence-electron chi connectivity index (χ1n) is 12.3. The van der Waals surface area contributed by atoms with Crippen LogP contribution in [0, 0.1) is 5.82 Å². The predicted octanol–water partition coefficient (Wildman–Crippen LogP) is 5.31. The number of rotatable bonds is 11. The zero-order chi connectivity index (χ0) is 25.6. The summed E-state index contributed by atoms with van der Waals surface area (Å²) in [5, 5.41) is 0. The average Bonchev–Trinajstić information content (AvgIpc) is 3.08. The van der Waals surface area contributed by atoms with Gasteiger partial charge in [-0.15, -0.1) is 0 Å². The minimum atomic E-state index is -0.766. The highest BCUT2D eigenvalue weighted by Crippen LogP contribution is 2.36. The molecule has 0 aliphatic carbocycles. The molecule has 1 atom stereocenters. The van der Waals surface area contributed by atoms with E-state index < -0.39 is 24.1 Å². The lowest BCUT2D eigenvalue weighted by molar-refractivity contribution is -0.0489. The molecule has 0 unspecified atom stereocenters. The van der Waals surface area contributed by atoms with Crippen LogP contribution in [-0.4, -0.2) is 37.6 Å². The van der Waals surface area contributed by atoms with Gasteiger partial charge in [0.05, 0.1) is 31.0 Å². The van der Waals surface area contributed by atoms with Gasteiger partial charge in [0.2, 0.25) is 0 Å². The van der Waals surface area contributed by atoms with E-state index in [1.54, 1.807) is 12.1 Å². The summed E-state index contributed by atoms with van der Waals surface area (Å²) in [7, 11) is -0.766. The van der Waals surface area contributed by atoms with Crippen LogP contribution in [0.2, 0.25) is 0 Å². The summed E-state index contributed by atoms with van der Waals surface area (Å²) in [6.07, 6.45) is -0.334. The minimum absolute atomic E-state index is 0.219. The van der Waals surface area contributed by atoms with Gasteiger partial charge in [0.25, 0.3) is 0 Å². The molecule has 0 saturated carbocycles. The maximum absolute atomic E-state index is 15.0. The topological polar surface area (TPSA) is 46.2 Å². The van der Waals surface area contributed by atoms with Crippen molar-refractivity contribution in [3.05, 3.63) is 95.8 Å². The summed E-state index contributed by atoms with van der Waals surface area (Å²) in [6.45, 7) is 9.24. The molecule has 1 heterocycles. The van der Waals surface area contributed by atoms with Crippen LogP contribution >= 0.6 is 0 Å². The number of hydrogen-bond donors (Lipinski definition) is 0. The first-order chi connectivity index (χ1) is 17.2. The van der Waals surface area contributed by atoms with Gasteiger partial charge in [-0.05, 0) is 44.9 Å². The van der Waals surface area contributed by atoms with Crippen LogP contribution in [0.1, 0.15) is 38.8 Å². The Bertz CT molecular complexity index is 1090. The van der Waals surface area contributed by atoms with Gasteiger partial charge < -0.3 is 23.5 Å². The van der Waals surface area contributed by atoms with Crippen molar-refractivity contribution in [1.29, 1.82) is 0 Å². The molecule has 1 saturated heterocycles. The normalized spacial score (nSPS) is 17.2. The van der Waals surface area contributed by atoms with Crippen molar-refractivity contribution in [2.45, 2.75) is 58.2 Å². The second kappa shape index (κ2) is 11.6. The van der Waals surface area contributed by atoms with Gasteiger partial charge in [0.15, 0.2) is 0 Å². The summed E-state index contributed by atoms with van der Waals surface area (Å²) in [4.78, 5) is 0. The lowest BCUT2D eigenvalue weighted by atomic mass is 9.78. The molecule has 0 bridgehead atoms. The van der Waals surface area contributed by atoms with Crippen LogP contribution in [0.3, 0.4) is 0 Å². The second-order valence-electron chi connectivity index (χ2n) is 10.0. The molecule has 0 spiro atoms. The van der Waals surface area contributed by atoms with Gasteiger partial charge in [0.1, 0.15) is 24.3 Å². The van der Waals surface area contributed by atoms with Crippen LogP contribution in [0.4, 0.5) is 4.39 Å². The van der Waals surface area contributed by atoms with Gasteiger partial charge >= 0.3 is 7.12 Å². The van der Waals surface area contributed by atoms with Crippen LogP contribution in [-0.2, 0) is 32.0 Å². The van der Waals surface area contributed by atoms with Gasteiger partial charge in [-0.25, -0.2) is 4.39 Å². The molecule has 4 rings (SSSR count). The second-order valence-corrected chi connectivity index (χ2v) is 10.0. The minimum Gasteiger partial charge on any atom is -0.491 e. The fourth-order valence-corrected chi connectivity index (χ4v) is 3.76. The Kier molecular flexibility index (Phi) is 8.47. The third-order valence-electron chi connectivity index (χ3n) is 6.66. The molecular formula is C29H34BFO5. The quantitative estimate of drug-likeness (QED) is 0.340. The highest BCUT2D eigenvalue weighted by Gasteiger charge is 2.52. The summed E-state index contributed by atoms with van der Waals surface area (Å²) in [5.74, 6) is -0.0304. The average molecular weight is 492 g/mol. The Labute approximate surface area is 213 Å². The van der Waals surface area contributed by atoms with E-state index >= 15 is 0 Å². The Balaban J connectivity index is 1.36. The third-order valence-corrected chi connectivity index (χ3v) is 6.66. The number of halogens is 1. The van der Waals surface area contributed by atoms with Crippen molar-refractivity contribution in [1.82, 2.24) is 0 Å². The van der Waals surface area contributed by atoms with E-state index in [1.807, 2.05) is 88.4 Å². The van der Waals surface area contributed by atoms with Gasteiger partial charge in [-0.3, -0.25) is 0 Å². The Morgan fingerprint density at radius 3 is 1.94 bits per heavy atom. The number of benzene rings is 3. The summed E-state index contributed by atoms with van der Waals surface area (Å²) < 4.78 is 44.9. The largest absolute Gasteiger partial charge is 0.497 e. The van der Waals surface area contributed by atoms with Crippen molar-refractivity contribution in [3.63, 3.8) is 0 Å². The summed E-state index contributed by atoms with van der Waals surface area (Å²) in [6, 6.07) is 24.6. The summed E-state index contributed by atoms with van der Waals surface area (Å²) in [5.41, 5.74) is 1.41. The lowest BCUT2D eigenvalue weighted by Gasteiger charge is -2.32. The van der Waals surface area contributed by atoms with Crippen LogP contribution < -0.4 is 10.2 Å². The Morgan fingerprint density at radius 1 is 0.778 bits per heavy atom. The summed E-state index contributed by atoms with van der Waals surface area (Å²) >= 11 is 0. The maximum atomic E-state index is 15.0. The SMILES string of the molecule is CC1(C)OB(c2ccc(OC[C@@H](COCc3ccccc3)OCc3ccccc3)cc2F)OC1(C)C. The van der Waals surface area contributed by atoms with Crippen molar-refractivity contribution in [2.24, 2.45) is 0 Å². The van der Waals surface area contributed by atoms with E-state index in [0.29, 0.717) is 31.0 Å². The molecule has 36 heavy (non-hydrogen) atoms. The van der Waals surface area contributed by atoms with E-state index in [-0.39, 0.29) is 12.7 Å². The smallest absolute Gasteiger partial charge is 0.491 e. The van der Waals surface area contributed by atoms with Crippen LogP contribution in [0.15, 0.2) is 78.9 Å². The molecular weight excluding hydrogens is 458 g/mol. The molecule has 190 valence electrons. The Hall–Kier alpha value is -2.71. The van der Waals surface area contributed by atoms with Crippen LogP contribution in [0.5, 0.6) is 5.75 Å². The van der Waals surface area contributed by atoms with Gasteiger partial charge in [0, 0.05) is 11.5 Å². The molecule has 3 aromatic rings. The van der Waals surface area contributed by atoms with Crippen molar-refractivity contribution in [2.75, 3.05) is 13.2 Å². The standard InChI is InChI=1S/C29H34BFO5/c1-28(2)29(3,4)36-30(35-28)26-16-15-24(17-27(26)31)34-21-25(33-19-23-13-9-6-10-14-23)20-32-18-22-11-7-5-8-12-22/h5-17,25H,18-21H2,1-4H3/t25-/m1/s1. The zero-order valence-corrected chi connectivity index (χ0v) is 21.4. The molecule has 1 aliphatic rings. The monoisotopic (exact) mass is 492 g/mol. The highest BCUT2D eigenvalue weighted by molar-refractivity contribution is 6.62. The molecule has 1 fully saturated rings. The van der Waals surface area contributed by atoms with E-state index in [4.69, 9.17) is 23.5 Å². The maximum Gasteiger partial charge on any atom is 0.497 e. The first-order valence-corrected chi connectivity index (χ1v) is 12.3.